The molecule has 0 saturated carbocycles. The van der Waals surface area contributed by atoms with Crippen molar-refractivity contribution >= 4 is 69.8 Å². The molecule has 0 bridgehead atoms. The first-order chi connectivity index (χ1) is 25.1. The summed E-state index contributed by atoms with van der Waals surface area (Å²) in [4.78, 5) is 86.9. The van der Waals surface area contributed by atoms with Crippen LogP contribution in [-0.4, -0.2) is 129 Å². The molecule has 3 heterocycles. The van der Waals surface area contributed by atoms with Crippen LogP contribution in [0.5, 0.6) is 0 Å². The van der Waals surface area contributed by atoms with Crippen molar-refractivity contribution in [3.63, 3.8) is 0 Å². The first-order valence-electron chi connectivity index (χ1n) is 16.0. The zero-order valence-electron chi connectivity index (χ0n) is 29.2. The summed E-state index contributed by atoms with van der Waals surface area (Å²) in [6.07, 6.45) is -5.59. The van der Waals surface area contributed by atoms with Crippen molar-refractivity contribution < 1.29 is 80.5 Å². The summed E-state index contributed by atoms with van der Waals surface area (Å²) in [7, 11) is -16.4. The van der Waals surface area contributed by atoms with Crippen molar-refractivity contribution in [2.45, 2.75) is 70.7 Å². The molecule has 1 aliphatic heterocycles. The number of nitrogen functional groups attached to an aromatic ring is 1. The molecular weight excluding hydrogens is 807 g/mol. The maximum absolute atomic E-state index is 12.7. The number of rotatable bonds is 23. The van der Waals surface area contributed by atoms with E-state index in [2.05, 4.69) is 34.4 Å². The number of amides is 2. The van der Waals surface area contributed by atoms with Gasteiger partial charge in [0.25, 0.3) is 0 Å². The second-order valence-electron chi connectivity index (χ2n) is 12.4. The van der Waals surface area contributed by atoms with Crippen molar-refractivity contribution in [2.75, 3.05) is 43.5 Å². The highest BCUT2D eigenvalue weighted by atomic mass is 32.2. The summed E-state index contributed by atoms with van der Waals surface area (Å²) in [6, 6.07) is 0. The molecule has 1 fully saturated rings. The van der Waals surface area contributed by atoms with Crippen molar-refractivity contribution in [1.29, 1.82) is 0 Å². The zero-order valence-corrected chi connectivity index (χ0v) is 32.7. The van der Waals surface area contributed by atoms with Gasteiger partial charge in [-0.1, -0.05) is 20.8 Å². The fraction of sp³-hybridized carbons (Fsp3) is 0.692. The van der Waals surface area contributed by atoms with Gasteiger partial charge in [0.05, 0.1) is 25.3 Å². The minimum absolute atomic E-state index is 0.0325. The van der Waals surface area contributed by atoms with Gasteiger partial charge in [0, 0.05) is 37.1 Å². The fourth-order valence-corrected chi connectivity index (χ4v) is 8.33. The van der Waals surface area contributed by atoms with Gasteiger partial charge in [-0.25, -0.2) is 28.6 Å². The summed E-state index contributed by atoms with van der Waals surface area (Å²) in [5.41, 5.74) is 4.27. The third kappa shape index (κ3) is 13.9. The van der Waals surface area contributed by atoms with Gasteiger partial charge in [-0.2, -0.15) is 16.1 Å². The Morgan fingerprint density at radius 2 is 1.74 bits per heavy atom. The Kier molecular flexibility index (Phi) is 16.7. The van der Waals surface area contributed by atoms with Gasteiger partial charge in [0.1, 0.15) is 42.0 Å². The Hall–Kier alpha value is -2.44. The van der Waals surface area contributed by atoms with Gasteiger partial charge >= 0.3 is 23.5 Å². The van der Waals surface area contributed by atoms with Crippen LogP contribution in [0, 0.1) is 5.41 Å². The average Bonchev–Trinajstić information content (AvgIpc) is 3.62. The number of nitrogens with one attached hydrogen (secondary N) is 2. The summed E-state index contributed by atoms with van der Waals surface area (Å²) in [5.74, 6) is -0.403. The summed E-state index contributed by atoms with van der Waals surface area (Å²) in [5, 5.41) is 26.4. The van der Waals surface area contributed by atoms with Crippen molar-refractivity contribution in [3.05, 3.63) is 12.7 Å². The van der Waals surface area contributed by atoms with Crippen molar-refractivity contribution in [2.24, 2.45) is 5.41 Å². The maximum atomic E-state index is 12.7. The van der Waals surface area contributed by atoms with Crippen LogP contribution in [0.15, 0.2) is 12.7 Å². The van der Waals surface area contributed by atoms with E-state index >= 15 is 0 Å². The second-order valence-corrected chi connectivity index (χ2v) is 17.8. The number of ether oxygens (including phenoxy) is 1. The largest absolute Gasteiger partial charge is 0.481 e. The molecule has 54 heavy (non-hydrogen) atoms. The van der Waals surface area contributed by atoms with E-state index in [1.807, 2.05) is 6.92 Å². The number of carbonyl (C=O) groups excluding carboxylic acids is 3. The van der Waals surface area contributed by atoms with Crippen LogP contribution in [-0.2, 0) is 50.7 Å². The third-order valence-corrected chi connectivity index (χ3v) is 11.6. The number of hydrogen-bond acceptors (Lipinski definition) is 18. The fourth-order valence-electron chi connectivity index (χ4n) is 4.74. The highest BCUT2D eigenvalue weighted by Gasteiger charge is 2.50. The zero-order chi connectivity index (χ0) is 40.5. The molecule has 2 unspecified atom stereocenters. The standard InChI is InChI=1S/C26H44N7O17P3S/c1-4-5-15(34)11-54-9-8-28-17(35)6-7-29-24(38)21(37)26(2,3)12-47-53(44,45)50-52(42,43)46-10-16-20(49-51(39,40)41)19(36)25(48-16)33-14-32-18-22(27)30-13-31-23(18)33/h13-14,16,19-21,25,36-37H,4-12H2,1-3H3,(H,28,35)(H,29,38)(H,42,43)(H,44,45)(H2,27,30,31)(H2,39,40,41)/t16-,19-,20-,21+,25-/m1/s1. The number of nitrogens with zero attached hydrogens (tertiary/aromatic N) is 4. The molecule has 0 aromatic carbocycles. The number of phosphoric ester groups is 3. The first-order valence-corrected chi connectivity index (χ1v) is 21.7. The lowest BCUT2D eigenvalue weighted by Crippen LogP contribution is -2.46. The number of hydrogen-bond donors (Lipinski definition) is 9. The van der Waals surface area contributed by atoms with Crippen LogP contribution in [0.2, 0.25) is 0 Å². The van der Waals surface area contributed by atoms with Crippen LogP contribution in [0.4, 0.5) is 5.82 Å². The minimum atomic E-state index is -5.56. The van der Waals surface area contributed by atoms with Gasteiger partial charge in [0.15, 0.2) is 17.7 Å². The second kappa shape index (κ2) is 19.6. The quantitative estimate of drug-likeness (QED) is 0.0503. The molecule has 1 saturated heterocycles. The van der Waals surface area contributed by atoms with Crippen LogP contribution in [0.25, 0.3) is 11.2 Å². The van der Waals surface area contributed by atoms with E-state index in [9.17, 15) is 57.9 Å². The molecule has 10 N–H and O–H groups in total. The monoisotopic (exact) mass is 851 g/mol. The molecule has 28 heteroatoms. The summed E-state index contributed by atoms with van der Waals surface area (Å²) >= 11 is 1.38. The van der Waals surface area contributed by atoms with Gasteiger partial charge in [-0.3, -0.25) is 32.5 Å². The molecule has 0 spiro atoms. The molecule has 2 aromatic heterocycles. The number of anilines is 1. The molecule has 0 aliphatic carbocycles. The van der Waals surface area contributed by atoms with Crippen LogP contribution < -0.4 is 16.4 Å². The lowest BCUT2D eigenvalue weighted by atomic mass is 9.87. The lowest BCUT2D eigenvalue weighted by Gasteiger charge is -2.30. The van der Waals surface area contributed by atoms with Crippen molar-refractivity contribution in [3.8, 4) is 0 Å². The number of nitrogens with two attached hydrogens (primary N) is 1. The number of aliphatic hydroxyl groups excluding tert-OH is 2. The average molecular weight is 852 g/mol. The molecule has 24 nitrogen and oxygen atoms in total. The first kappa shape index (κ1) is 45.9. The SMILES string of the molecule is CCCC(=O)CSCCNC(=O)CCNC(=O)[C@H](O)C(C)(C)COP(=O)(O)OP(=O)(O)OC[C@H]1O[C@@H](n2cnc3c(N)ncnc32)[C@H](O)[C@@H]1OP(=O)(O)O. The van der Waals surface area contributed by atoms with Gasteiger partial charge in [0.2, 0.25) is 11.8 Å². The van der Waals surface area contributed by atoms with Gasteiger partial charge < -0.3 is 50.9 Å². The number of thioether (sulfide) groups is 1. The Morgan fingerprint density at radius 1 is 1.06 bits per heavy atom. The molecule has 3 rings (SSSR count). The normalized spacial score (nSPS) is 22.0. The Balaban J connectivity index is 1.50. The summed E-state index contributed by atoms with van der Waals surface area (Å²) < 4.78 is 62.0. The number of phosphoric acid groups is 3. The number of aliphatic hydroxyl groups is 2. The van der Waals surface area contributed by atoms with E-state index < -0.39 is 84.6 Å². The highest BCUT2D eigenvalue weighted by Crippen LogP contribution is 2.61. The number of aromatic nitrogens is 4. The number of fused-ring (bicyclic) bond motifs is 1. The predicted molar refractivity (Wildman–Crippen MR) is 187 cm³/mol. The molecule has 2 aromatic rings. The van der Waals surface area contributed by atoms with Crippen LogP contribution in [0.3, 0.4) is 0 Å². The molecule has 1 aliphatic rings. The molecule has 7 atom stereocenters. The van der Waals surface area contributed by atoms with Gasteiger partial charge in [-0.05, 0) is 6.42 Å². The molecule has 2 amide bonds. The van der Waals surface area contributed by atoms with E-state index in [4.69, 9.17) is 19.5 Å². The number of carbonyl (C=O) groups is 3. The third-order valence-electron chi connectivity index (χ3n) is 7.44. The van der Waals surface area contributed by atoms with E-state index in [1.54, 1.807) is 0 Å². The smallest absolute Gasteiger partial charge is 0.386 e. The topological polar surface area (TPSA) is 364 Å². The van der Waals surface area contributed by atoms with Crippen LogP contribution in [0.1, 0.15) is 46.3 Å². The van der Waals surface area contributed by atoms with Crippen LogP contribution >= 0.6 is 35.2 Å². The maximum Gasteiger partial charge on any atom is 0.481 e. The molecule has 306 valence electrons. The van der Waals surface area contributed by atoms with E-state index in [1.165, 1.54) is 25.6 Å². The predicted octanol–water partition coefficient (Wildman–Crippen LogP) is -0.493. The number of Topliss-reactive ketones (excluding diaryl/α,β-unsaturated/α-hetero) is 1. The minimum Gasteiger partial charge on any atom is -0.386 e. The highest BCUT2D eigenvalue weighted by molar-refractivity contribution is 7.99. The van der Waals surface area contributed by atoms with E-state index in [0.717, 1.165) is 23.6 Å². The van der Waals surface area contributed by atoms with E-state index in [0.29, 0.717) is 24.5 Å². The van der Waals surface area contributed by atoms with E-state index in [-0.39, 0.29) is 35.7 Å². The number of imidazole rings is 1. The summed E-state index contributed by atoms with van der Waals surface area (Å²) in [6.45, 7) is 2.55. The van der Waals surface area contributed by atoms with Crippen molar-refractivity contribution in [1.82, 2.24) is 30.2 Å². The van der Waals surface area contributed by atoms with Gasteiger partial charge in [-0.15, -0.1) is 0 Å². The Morgan fingerprint density at radius 3 is 2.41 bits per heavy atom. The Bertz CT molecular complexity index is 1760. The number of ketones is 1. The lowest BCUT2D eigenvalue weighted by molar-refractivity contribution is -0.137. The Labute approximate surface area is 312 Å². The molecular formula is C26H44N7O17P3S. The molecule has 0 radical (unpaired) electrons.